The van der Waals surface area contributed by atoms with E-state index in [2.05, 4.69) is 55.1 Å². The first-order chi connectivity index (χ1) is 14.5. The predicted octanol–water partition coefficient (Wildman–Crippen LogP) is 6.07. The second kappa shape index (κ2) is 7.76. The molecule has 0 bridgehead atoms. The molecule has 0 spiro atoms. The van der Waals surface area contributed by atoms with Gasteiger partial charge < -0.3 is 5.11 Å². The highest BCUT2D eigenvalue weighted by molar-refractivity contribution is 5.85. The van der Waals surface area contributed by atoms with E-state index in [1.54, 1.807) is 19.9 Å². The number of hydrogen-bond acceptors (Lipinski definition) is 2. The number of nitrogens with zero attached hydrogens (tertiary/aromatic N) is 1. The van der Waals surface area contributed by atoms with Gasteiger partial charge in [-0.1, -0.05) is 48.5 Å². The number of fused-ring (bicyclic) bond motifs is 2. The van der Waals surface area contributed by atoms with Crippen molar-refractivity contribution in [2.24, 2.45) is 0 Å². The zero-order valence-electron chi connectivity index (χ0n) is 18.7. The van der Waals surface area contributed by atoms with Gasteiger partial charge in [0.1, 0.15) is 5.67 Å². The van der Waals surface area contributed by atoms with Gasteiger partial charge in [-0.3, -0.25) is 4.90 Å². The quantitative estimate of drug-likeness (QED) is 0.598. The van der Waals surface area contributed by atoms with Crippen LogP contribution in [-0.2, 0) is 11.2 Å². The molecule has 2 aliphatic rings. The highest BCUT2D eigenvalue weighted by Gasteiger charge is 2.45. The van der Waals surface area contributed by atoms with E-state index < -0.39 is 11.6 Å². The molecule has 0 saturated carbocycles. The van der Waals surface area contributed by atoms with E-state index in [9.17, 15) is 9.18 Å². The molecule has 0 radical (unpaired) electrons. The van der Waals surface area contributed by atoms with Crippen molar-refractivity contribution in [3.8, 4) is 0 Å². The fourth-order valence-corrected chi connectivity index (χ4v) is 5.04. The number of carboxylic acids is 1. The number of hydrogen-bond donors (Lipinski definition) is 1. The summed E-state index contributed by atoms with van der Waals surface area (Å²) in [5.74, 6) is -0.965. The SMILES string of the molecule is CC(C)(F)CN1C(c2ccc(/C=C/C(=O)O)cc2)C2=C(CC1(C)C)c1ccccc1C2. The molecule has 1 aliphatic carbocycles. The van der Waals surface area contributed by atoms with E-state index in [4.69, 9.17) is 5.11 Å². The van der Waals surface area contributed by atoms with Crippen LogP contribution in [0.15, 0.2) is 60.2 Å². The molecule has 1 unspecified atom stereocenters. The summed E-state index contributed by atoms with van der Waals surface area (Å²) in [6.45, 7) is 8.06. The van der Waals surface area contributed by atoms with Crippen LogP contribution in [-0.4, -0.2) is 33.7 Å². The number of rotatable bonds is 5. The molecule has 4 heteroatoms. The Morgan fingerprint density at radius 3 is 2.52 bits per heavy atom. The van der Waals surface area contributed by atoms with Gasteiger partial charge in [-0.2, -0.15) is 0 Å². The average molecular weight is 420 g/mol. The molecule has 1 N–H and O–H groups in total. The zero-order valence-corrected chi connectivity index (χ0v) is 18.7. The van der Waals surface area contributed by atoms with E-state index >= 15 is 0 Å². The Kier molecular flexibility index (Phi) is 5.38. The van der Waals surface area contributed by atoms with Crippen LogP contribution in [0, 0.1) is 0 Å². The summed E-state index contributed by atoms with van der Waals surface area (Å²) in [4.78, 5) is 13.2. The van der Waals surface area contributed by atoms with Gasteiger partial charge in [-0.05, 0) is 80.0 Å². The van der Waals surface area contributed by atoms with Gasteiger partial charge in [-0.25, -0.2) is 9.18 Å². The minimum absolute atomic E-state index is 0.0151. The highest BCUT2D eigenvalue weighted by atomic mass is 19.1. The molecule has 1 heterocycles. The Morgan fingerprint density at radius 1 is 1.19 bits per heavy atom. The van der Waals surface area contributed by atoms with Crippen molar-refractivity contribution < 1.29 is 14.3 Å². The number of carboxylic acid groups (broad SMARTS) is 1. The van der Waals surface area contributed by atoms with E-state index in [0.29, 0.717) is 6.54 Å². The van der Waals surface area contributed by atoms with Gasteiger partial charge in [-0.15, -0.1) is 0 Å². The number of alkyl halides is 1. The molecule has 0 amide bonds. The lowest BCUT2D eigenvalue weighted by Gasteiger charge is -2.50. The maximum Gasteiger partial charge on any atom is 0.328 e. The van der Waals surface area contributed by atoms with E-state index in [-0.39, 0.29) is 11.6 Å². The van der Waals surface area contributed by atoms with Crippen LogP contribution in [0.25, 0.3) is 11.6 Å². The molecular formula is C27H30FNO2. The maximum absolute atomic E-state index is 14.9. The molecule has 1 aliphatic heterocycles. The minimum atomic E-state index is -1.32. The fourth-order valence-electron chi connectivity index (χ4n) is 5.04. The molecule has 162 valence electrons. The lowest BCUT2D eigenvalue weighted by atomic mass is 9.78. The second-order valence-electron chi connectivity index (χ2n) is 9.91. The monoisotopic (exact) mass is 419 g/mol. The van der Waals surface area contributed by atoms with Gasteiger partial charge >= 0.3 is 5.97 Å². The normalized spacial score (nSPS) is 20.7. The molecular weight excluding hydrogens is 389 g/mol. The number of benzene rings is 2. The molecule has 31 heavy (non-hydrogen) atoms. The van der Waals surface area contributed by atoms with Crippen LogP contribution in [0.4, 0.5) is 4.39 Å². The molecule has 1 atom stereocenters. The fraction of sp³-hybridized carbons (Fsp3) is 0.370. The maximum atomic E-state index is 14.9. The Bertz CT molecular complexity index is 1060. The van der Waals surface area contributed by atoms with Gasteiger partial charge in [0.05, 0.1) is 6.04 Å². The topological polar surface area (TPSA) is 40.5 Å². The van der Waals surface area contributed by atoms with E-state index in [0.717, 1.165) is 30.0 Å². The van der Waals surface area contributed by atoms with Crippen molar-refractivity contribution in [3.05, 3.63) is 82.4 Å². The zero-order chi connectivity index (χ0) is 22.4. The number of aliphatic carboxylic acids is 1. The predicted molar refractivity (Wildman–Crippen MR) is 124 cm³/mol. The number of halogens is 1. The van der Waals surface area contributed by atoms with E-state index in [1.165, 1.54) is 22.3 Å². The lowest BCUT2D eigenvalue weighted by Crippen LogP contribution is -2.53. The van der Waals surface area contributed by atoms with Crippen LogP contribution in [0.3, 0.4) is 0 Å². The van der Waals surface area contributed by atoms with Gasteiger partial charge in [0.25, 0.3) is 0 Å². The van der Waals surface area contributed by atoms with Crippen molar-refractivity contribution in [1.82, 2.24) is 4.90 Å². The van der Waals surface area contributed by atoms with Gasteiger partial charge in [0.2, 0.25) is 0 Å². The standard InChI is InChI=1S/C27H30FNO2/c1-26(2,28)17-29-25(19-12-9-18(10-13-19)11-14-24(30)31)22-15-20-7-5-6-8-21(20)23(22)16-27(29,3)4/h5-14,25H,15-17H2,1-4H3,(H,30,31)/b14-11+. The van der Waals surface area contributed by atoms with E-state index in [1.807, 2.05) is 12.1 Å². The van der Waals surface area contributed by atoms with Crippen molar-refractivity contribution in [1.29, 1.82) is 0 Å². The third-order valence-corrected chi connectivity index (χ3v) is 6.36. The smallest absolute Gasteiger partial charge is 0.328 e. The Morgan fingerprint density at radius 2 is 1.87 bits per heavy atom. The van der Waals surface area contributed by atoms with Crippen LogP contribution in [0.2, 0.25) is 0 Å². The van der Waals surface area contributed by atoms with Crippen LogP contribution >= 0.6 is 0 Å². The van der Waals surface area contributed by atoms with Crippen molar-refractivity contribution in [3.63, 3.8) is 0 Å². The minimum Gasteiger partial charge on any atom is -0.478 e. The summed E-state index contributed by atoms with van der Waals surface area (Å²) in [7, 11) is 0. The molecule has 4 rings (SSSR count). The van der Waals surface area contributed by atoms with Crippen molar-refractivity contribution in [2.45, 2.75) is 57.8 Å². The molecule has 2 aromatic carbocycles. The average Bonchev–Trinajstić information content (AvgIpc) is 3.04. The lowest BCUT2D eigenvalue weighted by molar-refractivity contribution is -0.131. The summed E-state index contributed by atoms with van der Waals surface area (Å²) in [5.41, 5.74) is 5.86. The Labute approximate surface area is 183 Å². The molecule has 2 aromatic rings. The van der Waals surface area contributed by atoms with Crippen LogP contribution in [0.1, 0.15) is 62.4 Å². The van der Waals surface area contributed by atoms with Gasteiger partial charge in [0.15, 0.2) is 0 Å². The second-order valence-corrected chi connectivity index (χ2v) is 9.91. The molecule has 0 fully saturated rings. The molecule has 0 saturated heterocycles. The Hall–Kier alpha value is -2.72. The summed E-state index contributed by atoms with van der Waals surface area (Å²) in [6.07, 6.45) is 4.52. The first-order valence-corrected chi connectivity index (χ1v) is 10.8. The summed E-state index contributed by atoms with van der Waals surface area (Å²) < 4.78 is 14.9. The van der Waals surface area contributed by atoms with Gasteiger partial charge in [0, 0.05) is 18.2 Å². The first kappa shape index (κ1) is 21.5. The Balaban J connectivity index is 1.80. The third kappa shape index (κ3) is 4.35. The first-order valence-electron chi connectivity index (χ1n) is 10.8. The van der Waals surface area contributed by atoms with Crippen molar-refractivity contribution >= 4 is 17.6 Å². The van der Waals surface area contributed by atoms with Crippen LogP contribution in [0.5, 0.6) is 0 Å². The third-order valence-electron chi connectivity index (χ3n) is 6.36. The van der Waals surface area contributed by atoms with Crippen molar-refractivity contribution in [2.75, 3.05) is 6.54 Å². The largest absolute Gasteiger partial charge is 0.478 e. The molecule has 0 aromatic heterocycles. The summed E-state index contributed by atoms with van der Waals surface area (Å²) in [6, 6.07) is 16.6. The van der Waals surface area contributed by atoms with Crippen LogP contribution < -0.4 is 0 Å². The summed E-state index contributed by atoms with van der Waals surface area (Å²) >= 11 is 0. The number of carbonyl (C=O) groups is 1. The molecule has 3 nitrogen and oxygen atoms in total. The summed E-state index contributed by atoms with van der Waals surface area (Å²) in [5, 5.41) is 8.89. The highest BCUT2D eigenvalue weighted by Crippen LogP contribution is 2.52.